The van der Waals surface area contributed by atoms with E-state index in [1.165, 1.54) is 12.1 Å². The minimum Gasteiger partial charge on any atom is -0.467 e. The second-order valence-corrected chi connectivity index (χ2v) is 5.30. The molecule has 0 amide bonds. The molecule has 0 spiro atoms. The number of halogens is 2. The van der Waals surface area contributed by atoms with Crippen LogP contribution >= 0.6 is 24.0 Å². The van der Waals surface area contributed by atoms with E-state index in [0.717, 1.165) is 36.9 Å². The number of aliphatic imine (C=N–C) groups is 1. The molecule has 2 rings (SSSR count). The summed E-state index contributed by atoms with van der Waals surface area (Å²) in [6.07, 6.45) is 1.65. The van der Waals surface area contributed by atoms with E-state index in [1.807, 2.05) is 31.3 Å². The third-order valence-corrected chi connectivity index (χ3v) is 3.39. The van der Waals surface area contributed by atoms with Crippen molar-refractivity contribution in [3.05, 3.63) is 59.8 Å². The zero-order valence-corrected chi connectivity index (χ0v) is 16.3. The van der Waals surface area contributed by atoms with Gasteiger partial charge in [-0.05, 0) is 36.9 Å². The van der Waals surface area contributed by atoms with Gasteiger partial charge in [-0.15, -0.1) is 24.0 Å². The third-order valence-electron chi connectivity index (χ3n) is 3.39. The molecule has 1 aromatic carbocycles. The predicted octanol–water partition coefficient (Wildman–Crippen LogP) is 2.83. The SMILES string of the molecule is CN=C(NCCN(C)Cc1ccc(F)cc1)NCc1ccco1.I. The first-order valence-corrected chi connectivity index (χ1v) is 7.57. The molecule has 0 fully saturated rings. The first-order chi connectivity index (χ1) is 11.2. The number of hydrogen-bond acceptors (Lipinski definition) is 3. The molecule has 2 aromatic rings. The average Bonchev–Trinajstić information content (AvgIpc) is 3.06. The molecule has 0 aliphatic rings. The molecule has 5 nitrogen and oxygen atoms in total. The Morgan fingerprint density at radius 3 is 2.58 bits per heavy atom. The molecule has 1 heterocycles. The van der Waals surface area contributed by atoms with Crippen LogP contribution in [0, 0.1) is 5.82 Å². The van der Waals surface area contributed by atoms with Gasteiger partial charge in [-0.2, -0.15) is 0 Å². The number of nitrogens with one attached hydrogen (secondary N) is 2. The lowest BCUT2D eigenvalue weighted by atomic mass is 10.2. The Morgan fingerprint density at radius 2 is 1.96 bits per heavy atom. The van der Waals surface area contributed by atoms with Crippen LogP contribution < -0.4 is 10.6 Å². The summed E-state index contributed by atoms with van der Waals surface area (Å²) in [5.41, 5.74) is 1.09. The van der Waals surface area contributed by atoms with Gasteiger partial charge in [0.25, 0.3) is 0 Å². The predicted molar refractivity (Wildman–Crippen MR) is 105 cm³/mol. The van der Waals surface area contributed by atoms with E-state index in [9.17, 15) is 4.39 Å². The average molecular weight is 446 g/mol. The molecular weight excluding hydrogens is 422 g/mol. The molecule has 0 atom stereocenters. The smallest absolute Gasteiger partial charge is 0.191 e. The van der Waals surface area contributed by atoms with Crippen molar-refractivity contribution in [1.82, 2.24) is 15.5 Å². The summed E-state index contributed by atoms with van der Waals surface area (Å²) in [5, 5.41) is 6.44. The summed E-state index contributed by atoms with van der Waals surface area (Å²) in [6, 6.07) is 10.4. The Hall–Kier alpha value is -1.61. The fraction of sp³-hybridized carbons (Fsp3) is 0.353. The minimum absolute atomic E-state index is 0. The van der Waals surface area contributed by atoms with Crippen molar-refractivity contribution >= 4 is 29.9 Å². The second kappa shape index (κ2) is 11.0. The lowest BCUT2D eigenvalue weighted by Gasteiger charge is -2.18. The lowest BCUT2D eigenvalue weighted by molar-refractivity contribution is 0.331. The Morgan fingerprint density at radius 1 is 1.21 bits per heavy atom. The Kier molecular flexibility index (Phi) is 9.39. The number of furan rings is 1. The standard InChI is InChI=1S/C17H23FN4O.HI/c1-19-17(21-12-16-4-3-11-23-16)20-9-10-22(2)13-14-5-7-15(18)8-6-14;/h3-8,11H,9-10,12-13H2,1-2H3,(H2,19,20,21);1H. The number of hydrogen-bond donors (Lipinski definition) is 2. The molecule has 0 saturated carbocycles. The van der Waals surface area contributed by atoms with Gasteiger partial charge in [-0.25, -0.2) is 4.39 Å². The highest BCUT2D eigenvalue weighted by Gasteiger charge is 2.03. The molecule has 0 unspecified atom stereocenters. The molecule has 0 radical (unpaired) electrons. The maximum atomic E-state index is 12.9. The summed E-state index contributed by atoms with van der Waals surface area (Å²) >= 11 is 0. The van der Waals surface area contributed by atoms with Gasteiger partial charge in [0.2, 0.25) is 0 Å². The maximum Gasteiger partial charge on any atom is 0.191 e. The minimum atomic E-state index is -0.204. The van der Waals surface area contributed by atoms with Gasteiger partial charge in [0.1, 0.15) is 11.6 Å². The van der Waals surface area contributed by atoms with E-state index in [1.54, 1.807) is 13.3 Å². The summed E-state index contributed by atoms with van der Waals surface area (Å²) in [6.45, 7) is 2.98. The van der Waals surface area contributed by atoms with Gasteiger partial charge in [-0.1, -0.05) is 12.1 Å². The number of nitrogens with zero attached hydrogens (tertiary/aromatic N) is 2. The molecule has 0 saturated heterocycles. The largest absolute Gasteiger partial charge is 0.467 e. The summed E-state index contributed by atoms with van der Waals surface area (Å²) in [5.74, 6) is 1.39. The normalized spacial score (nSPS) is 11.2. The molecule has 0 bridgehead atoms. The number of guanidine groups is 1. The number of benzene rings is 1. The number of likely N-dealkylation sites (N-methyl/N-ethyl adjacent to an activating group) is 1. The van der Waals surface area contributed by atoms with Crippen molar-refractivity contribution in [2.24, 2.45) is 4.99 Å². The van der Waals surface area contributed by atoms with E-state index in [2.05, 4.69) is 20.5 Å². The van der Waals surface area contributed by atoms with Crippen LogP contribution in [-0.2, 0) is 13.1 Å². The maximum absolute atomic E-state index is 12.9. The molecule has 2 N–H and O–H groups in total. The van der Waals surface area contributed by atoms with Crippen LogP contribution in [0.2, 0.25) is 0 Å². The van der Waals surface area contributed by atoms with Crippen LogP contribution in [0.25, 0.3) is 0 Å². The highest BCUT2D eigenvalue weighted by molar-refractivity contribution is 14.0. The van der Waals surface area contributed by atoms with Crippen molar-refractivity contribution < 1.29 is 8.81 Å². The van der Waals surface area contributed by atoms with E-state index < -0.39 is 0 Å². The molecule has 24 heavy (non-hydrogen) atoms. The van der Waals surface area contributed by atoms with Crippen LogP contribution in [0.5, 0.6) is 0 Å². The van der Waals surface area contributed by atoms with Crippen molar-refractivity contribution in [2.45, 2.75) is 13.1 Å². The highest BCUT2D eigenvalue weighted by atomic mass is 127. The van der Waals surface area contributed by atoms with E-state index in [0.29, 0.717) is 6.54 Å². The van der Waals surface area contributed by atoms with Crippen molar-refractivity contribution in [2.75, 3.05) is 27.2 Å². The number of rotatable bonds is 7. The van der Waals surface area contributed by atoms with Gasteiger partial charge >= 0.3 is 0 Å². The Balaban J connectivity index is 0.00000288. The van der Waals surface area contributed by atoms with Gasteiger partial charge in [0, 0.05) is 26.7 Å². The highest BCUT2D eigenvalue weighted by Crippen LogP contribution is 2.05. The fourth-order valence-corrected chi connectivity index (χ4v) is 2.15. The fourth-order valence-electron chi connectivity index (χ4n) is 2.15. The topological polar surface area (TPSA) is 52.8 Å². The van der Waals surface area contributed by atoms with Crippen LogP contribution in [-0.4, -0.2) is 38.0 Å². The summed E-state index contributed by atoms with van der Waals surface area (Å²) < 4.78 is 18.1. The zero-order valence-electron chi connectivity index (χ0n) is 14.0. The molecule has 7 heteroatoms. The van der Waals surface area contributed by atoms with Gasteiger partial charge in [0.15, 0.2) is 5.96 Å². The lowest BCUT2D eigenvalue weighted by Crippen LogP contribution is -2.40. The van der Waals surface area contributed by atoms with Gasteiger partial charge in [-0.3, -0.25) is 4.99 Å². The van der Waals surface area contributed by atoms with Gasteiger partial charge < -0.3 is 20.0 Å². The van der Waals surface area contributed by atoms with Gasteiger partial charge in [0.05, 0.1) is 12.8 Å². The third kappa shape index (κ3) is 7.31. The van der Waals surface area contributed by atoms with Crippen LogP contribution in [0.4, 0.5) is 4.39 Å². The first kappa shape index (κ1) is 20.4. The van der Waals surface area contributed by atoms with E-state index in [-0.39, 0.29) is 29.8 Å². The second-order valence-electron chi connectivity index (χ2n) is 5.30. The van der Waals surface area contributed by atoms with Crippen LogP contribution in [0.3, 0.4) is 0 Å². The Labute approximate surface area is 159 Å². The van der Waals surface area contributed by atoms with Crippen LogP contribution in [0.15, 0.2) is 52.1 Å². The van der Waals surface area contributed by atoms with Crippen molar-refractivity contribution in [3.63, 3.8) is 0 Å². The van der Waals surface area contributed by atoms with Crippen molar-refractivity contribution in [3.8, 4) is 0 Å². The van der Waals surface area contributed by atoms with Crippen molar-refractivity contribution in [1.29, 1.82) is 0 Å². The summed E-state index contributed by atoms with van der Waals surface area (Å²) in [7, 11) is 3.77. The molecule has 132 valence electrons. The quantitative estimate of drug-likeness (QED) is 0.390. The first-order valence-electron chi connectivity index (χ1n) is 7.57. The summed E-state index contributed by atoms with van der Waals surface area (Å²) in [4.78, 5) is 6.34. The Bertz CT molecular complexity index is 602. The molecule has 0 aliphatic carbocycles. The molecular formula is C17H24FIN4O. The molecule has 1 aromatic heterocycles. The zero-order chi connectivity index (χ0) is 16.5. The van der Waals surface area contributed by atoms with Crippen LogP contribution in [0.1, 0.15) is 11.3 Å². The van der Waals surface area contributed by atoms with E-state index in [4.69, 9.17) is 4.42 Å². The monoisotopic (exact) mass is 446 g/mol. The van der Waals surface area contributed by atoms with E-state index >= 15 is 0 Å². The molecule has 0 aliphatic heterocycles.